The maximum Gasteiger partial charge on any atom is 0.251 e. The Morgan fingerprint density at radius 2 is 1.95 bits per heavy atom. The van der Waals surface area contributed by atoms with Crippen molar-refractivity contribution in [2.45, 2.75) is 38.1 Å². The summed E-state index contributed by atoms with van der Waals surface area (Å²) in [6.07, 6.45) is 0.757. The molecule has 0 saturated carbocycles. The number of amides is 1. The molecular formula is C13H18BrFN2O3S. The quantitative estimate of drug-likeness (QED) is 0.821. The van der Waals surface area contributed by atoms with Gasteiger partial charge in [-0.2, -0.15) is 0 Å². The highest BCUT2D eigenvalue weighted by Gasteiger charge is 2.21. The fourth-order valence-corrected chi connectivity index (χ4v) is 3.52. The Kier molecular flexibility index (Phi) is 5.89. The van der Waals surface area contributed by atoms with Gasteiger partial charge in [-0.3, -0.25) is 4.79 Å². The zero-order valence-corrected chi connectivity index (χ0v) is 14.4. The lowest BCUT2D eigenvalue weighted by atomic mass is 10.0. The summed E-state index contributed by atoms with van der Waals surface area (Å²) in [5, 5.41) is 7.70. The van der Waals surface area contributed by atoms with E-state index in [1.165, 1.54) is 0 Å². The zero-order valence-electron chi connectivity index (χ0n) is 12.0. The first kappa shape index (κ1) is 18.1. The predicted octanol–water partition coefficient (Wildman–Crippen LogP) is 2.40. The summed E-state index contributed by atoms with van der Waals surface area (Å²) in [6, 6.07) is 1.91. The number of halogens is 2. The number of sulfonamides is 1. The first-order chi connectivity index (χ1) is 9.52. The van der Waals surface area contributed by atoms with Crippen molar-refractivity contribution in [1.29, 1.82) is 0 Å². The number of primary sulfonamides is 1. The van der Waals surface area contributed by atoms with Crippen LogP contribution in [0, 0.1) is 11.7 Å². The Bertz CT molecular complexity index is 647. The van der Waals surface area contributed by atoms with Gasteiger partial charge in [0, 0.05) is 11.6 Å². The minimum atomic E-state index is -4.13. The number of rotatable bonds is 5. The van der Waals surface area contributed by atoms with E-state index in [-0.39, 0.29) is 16.1 Å². The Morgan fingerprint density at radius 3 is 2.43 bits per heavy atom. The number of carbonyl (C=O) groups excluding carboxylic acids is 1. The second-order valence-corrected chi connectivity index (χ2v) is 7.64. The van der Waals surface area contributed by atoms with E-state index in [0.29, 0.717) is 5.92 Å². The molecule has 118 valence electrons. The van der Waals surface area contributed by atoms with Crippen LogP contribution in [-0.4, -0.2) is 20.4 Å². The van der Waals surface area contributed by atoms with E-state index < -0.39 is 26.6 Å². The average Bonchev–Trinajstić information content (AvgIpc) is 2.29. The second kappa shape index (κ2) is 6.85. The summed E-state index contributed by atoms with van der Waals surface area (Å²) >= 11 is 2.82. The molecule has 0 fully saturated rings. The molecule has 1 amide bonds. The van der Waals surface area contributed by atoms with Crippen LogP contribution in [0.2, 0.25) is 0 Å². The molecule has 0 aliphatic heterocycles. The molecule has 0 saturated heterocycles. The Labute approximate surface area is 132 Å². The van der Waals surface area contributed by atoms with E-state index in [1.54, 1.807) is 0 Å². The third-order valence-electron chi connectivity index (χ3n) is 2.77. The van der Waals surface area contributed by atoms with Crippen molar-refractivity contribution in [2.24, 2.45) is 11.1 Å². The molecule has 1 atom stereocenters. The third-order valence-corrected chi connectivity index (χ3v) is 4.77. The molecule has 21 heavy (non-hydrogen) atoms. The minimum absolute atomic E-state index is 0.0877. The molecule has 0 aliphatic carbocycles. The molecule has 0 radical (unpaired) electrons. The van der Waals surface area contributed by atoms with Crippen LogP contribution in [-0.2, 0) is 10.0 Å². The van der Waals surface area contributed by atoms with Gasteiger partial charge in [0.25, 0.3) is 5.91 Å². The number of nitrogens with two attached hydrogens (primary N) is 1. The van der Waals surface area contributed by atoms with Crippen molar-refractivity contribution >= 4 is 31.9 Å². The second-order valence-electron chi connectivity index (χ2n) is 5.32. The summed E-state index contributed by atoms with van der Waals surface area (Å²) in [5.74, 6) is -1.01. The molecule has 1 aromatic rings. The first-order valence-electron chi connectivity index (χ1n) is 6.35. The molecular weight excluding hydrogens is 363 g/mol. The lowest BCUT2D eigenvalue weighted by molar-refractivity contribution is 0.0935. The van der Waals surface area contributed by atoms with Crippen molar-refractivity contribution in [3.63, 3.8) is 0 Å². The first-order valence-corrected chi connectivity index (χ1v) is 8.69. The Morgan fingerprint density at radius 1 is 1.38 bits per heavy atom. The van der Waals surface area contributed by atoms with Crippen LogP contribution < -0.4 is 10.5 Å². The summed E-state index contributed by atoms with van der Waals surface area (Å²) in [7, 11) is -4.13. The van der Waals surface area contributed by atoms with E-state index in [2.05, 4.69) is 21.2 Å². The fraction of sp³-hybridized carbons (Fsp3) is 0.462. The number of hydrogen-bond donors (Lipinski definition) is 2. The maximum absolute atomic E-state index is 13.7. The molecule has 8 heteroatoms. The lowest BCUT2D eigenvalue weighted by Gasteiger charge is -2.16. The van der Waals surface area contributed by atoms with Crippen LogP contribution >= 0.6 is 15.9 Å². The summed E-state index contributed by atoms with van der Waals surface area (Å²) in [4.78, 5) is 11.6. The molecule has 3 N–H and O–H groups in total. The van der Waals surface area contributed by atoms with Gasteiger partial charge < -0.3 is 5.32 Å². The molecule has 0 spiro atoms. The maximum atomic E-state index is 13.7. The van der Waals surface area contributed by atoms with Gasteiger partial charge in [0.05, 0.1) is 9.37 Å². The van der Waals surface area contributed by atoms with Crippen molar-refractivity contribution < 1.29 is 17.6 Å². The van der Waals surface area contributed by atoms with E-state index >= 15 is 0 Å². The van der Waals surface area contributed by atoms with E-state index in [1.807, 2.05) is 20.8 Å². The third kappa shape index (κ3) is 5.05. The van der Waals surface area contributed by atoms with E-state index in [9.17, 15) is 17.6 Å². The van der Waals surface area contributed by atoms with Gasteiger partial charge in [0.2, 0.25) is 10.0 Å². The molecule has 1 aromatic carbocycles. The van der Waals surface area contributed by atoms with Crippen molar-refractivity contribution in [2.75, 3.05) is 0 Å². The standard InChI is InChI=1S/C13H18BrFN2O3S/c1-7(2)4-8(3)17-13(18)9-5-10(15)12(14)11(6-9)21(16,19)20/h5-8H,4H2,1-3H3,(H,17,18)(H2,16,19,20). The highest BCUT2D eigenvalue weighted by atomic mass is 79.9. The van der Waals surface area contributed by atoms with Crippen LogP contribution in [0.3, 0.4) is 0 Å². The molecule has 0 bridgehead atoms. The predicted molar refractivity (Wildman–Crippen MR) is 81.9 cm³/mol. The smallest absolute Gasteiger partial charge is 0.251 e. The van der Waals surface area contributed by atoms with Crippen molar-refractivity contribution in [3.8, 4) is 0 Å². The largest absolute Gasteiger partial charge is 0.350 e. The van der Waals surface area contributed by atoms with Gasteiger partial charge in [0.15, 0.2) is 0 Å². The number of benzene rings is 1. The number of hydrogen-bond acceptors (Lipinski definition) is 3. The van der Waals surface area contributed by atoms with Gasteiger partial charge in [0.1, 0.15) is 5.82 Å². The van der Waals surface area contributed by atoms with Crippen LogP contribution in [0.15, 0.2) is 21.5 Å². The van der Waals surface area contributed by atoms with Crippen LogP contribution in [0.1, 0.15) is 37.6 Å². The summed E-state index contributed by atoms with van der Waals surface area (Å²) in [5.41, 5.74) is -0.0877. The van der Waals surface area contributed by atoms with E-state index in [4.69, 9.17) is 5.14 Å². The lowest BCUT2D eigenvalue weighted by Crippen LogP contribution is -2.33. The number of carbonyl (C=O) groups is 1. The Balaban J connectivity index is 3.09. The monoisotopic (exact) mass is 380 g/mol. The van der Waals surface area contributed by atoms with Crippen LogP contribution in [0.4, 0.5) is 4.39 Å². The molecule has 1 unspecified atom stereocenters. The molecule has 5 nitrogen and oxygen atoms in total. The summed E-state index contributed by atoms with van der Waals surface area (Å²) < 4.78 is 36.2. The molecule has 1 rings (SSSR count). The zero-order chi connectivity index (χ0) is 16.4. The van der Waals surface area contributed by atoms with Crippen molar-refractivity contribution in [3.05, 3.63) is 28.0 Å². The average molecular weight is 381 g/mol. The normalized spacial score (nSPS) is 13.3. The van der Waals surface area contributed by atoms with Gasteiger partial charge >= 0.3 is 0 Å². The van der Waals surface area contributed by atoms with Gasteiger partial charge in [-0.05, 0) is 47.3 Å². The highest BCUT2D eigenvalue weighted by Crippen LogP contribution is 2.26. The van der Waals surface area contributed by atoms with Gasteiger partial charge in [-0.25, -0.2) is 17.9 Å². The van der Waals surface area contributed by atoms with Gasteiger partial charge in [-0.1, -0.05) is 13.8 Å². The SMILES string of the molecule is CC(C)CC(C)NC(=O)c1cc(F)c(Br)c(S(N)(=O)=O)c1. The van der Waals surface area contributed by atoms with E-state index in [0.717, 1.165) is 18.6 Å². The fourth-order valence-electron chi connectivity index (χ4n) is 1.98. The molecule has 0 aromatic heterocycles. The molecule has 0 heterocycles. The highest BCUT2D eigenvalue weighted by molar-refractivity contribution is 9.10. The van der Waals surface area contributed by atoms with Gasteiger partial charge in [-0.15, -0.1) is 0 Å². The topological polar surface area (TPSA) is 89.3 Å². The van der Waals surface area contributed by atoms with Crippen molar-refractivity contribution in [1.82, 2.24) is 5.32 Å². The summed E-state index contributed by atoms with van der Waals surface area (Å²) in [6.45, 7) is 5.86. The van der Waals surface area contributed by atoms with Crippen LogP contribution in [0.25, 0.3) is 0 Å². The minimum Gasteiger partial charge on any atom is -0.350 e. The van der Waals surface area contributed by atoms with Crippen LogP contribution in [0.5, 0.6) is 0 Å². The molecule has 0 aliphatic rings. The number of nitrogens with one attached hydrogen (secondary N) is 1. The Hall–Kier alpha value is -0.990.